The fourth-order valence-electron chi connectivity index (χ4n) is 1.18. The van der Waals surface area contributed by atoms with Crippen LogP contribution in [0, 0.1) is 0 Å². The van der Waals surface area contributed by atoms with Crippen LogP contribution in [0.4, 0.5) is 0 Å². The van der Waals surface area contributed by atoms with Crippen molar-refractivity contribution in [3.63, 3.8) is 0 Å². The van der Waals surface area contributed by atoms with Crippen LogP contribution in [0.5, 0.6) is 0 Å². The van der Waals surface area contributed by atoms with Crippen molar-refractivity contribution in [3.05, 3.63) is 0 Å². The molecule has 0 aromatic rings. The van der Waals surface area contributed by atoms with Crippen LogP contribution < -0.4 is 5.32 Å². The molecule has 0 aliphatic heterocycles. The Balaban J connectivity index is 4.42. The summed E-state index contributed by atoms with van der Waals surface area (Å²) in [5.41, 5.74) is 0. The molecule has 0 rings (SSSR count). The molecule has 8 heteroatoms. The van der Waals surface area contributed by atoms with Gasteiger partial charge in [0, 0.05) is 20.6 Å². The zero-order valence-corrected chi connectivity index (χ0v) is 10.6. The van der Waals surface area contributed by atoms with Gasteiger partial charge in [-0.2, -0.15) is 0 Å². The molecule has 17 heavy (non-hydrogen) atoms. The number of aliphatic carboxylic acids is 1. The van der Waals surface area contributed by atoms with Gasteiger partial charge in [0.05, 0.1) is 11.5 Å². The Morgan fingerprint density at radius 3 is 2.41 bits per heavy atom. The number of carbonyl (C=O) groups is 2. The number of carboxylic acids is 1. The molecule has 100 valence electrons. The van der Waals surface area contributed by atoms with E-state index < -0.39 is 33.5 Å². The van der Waals surface area contributed by atoms with Crippen LogP contribution in [-0.4, -0.2) is 56.7 Å². The molecular formula is C9H17NO6S. The summed E-state index contributed by atoms with van der Waals surface area (Å²) in [4.78, 5) is 21.5. The first-order chi connectivity index (χ1) is 7.78. The van der Waals surface area contributed by atoms with Gasteiger partial charge in [-0.05, 0) is 6.42 Å². The van der Waals surface area contributed by atoms with Gasteiger partial charge in [-0.25, -0.2) is 13.2 Å². The third-order valence-corrected chi connectivity index (χ3v) is 3.65. The molecule has 1 atom stereocenters. The van der Waals surface area contributed by atoms with E-state index in [9.17, 15) is 18.0 Å². The minimum absolute atomic E-state index is 0.162. The van der Waals surface area contributed by atoms with Crippen LogP contribution in [-0.2, 0) is 24.2 Å². The monoisotopic (exact) mass is 267 g/mol. The predicted molar refractivity (Wildman–Crippen MR) is 60.4 cm³/mol. The maximum atomic E-state index is 11.5. The van der Waals surface area contributed by atoms with Crippen LogP contribution in [0.25, 0.3) is 0 Å². The normalized spacial score (nSPS) is 13.1. The summed E-state index contributed by atoms with van der Waals surface area (Å²) < 4.78 is 27.8. The molecule has 0 bridgehead atoms. The van der Waals surface area contributed by atoms with E-state index >= 15 is 0 Å². The van der Waals surface area contributed by atoms with E-state index in [1.807, 2.05) is 0 Å². The third-order valence-electron chi connectivity index (χ3n) is 1.90. The highest BCUT2D eigenvalue weighted by atomic mass is 32.2. The van der Waals surface area contributed by atoms with Gasteiger partial charge in [-0.3, -0.25) is 4.79 Å². The van der Waals surface area contributed by atoms with Crippen molar-refractivity contribution in [2.45, 2.75) is 19.4 Å². The lowest BCUT2D eigenvalue weighted by Crippen LogP contribution is -2.44. The van der Waals surface area contributed by atoms with Crippen molar-refractivity contribution in [2.24, 2.45) is 0 Å². The fraction of sp³-hybridized carbons (Fsp3) is 0.778. The number of amides is 1. The van der Waals surface area contributed by atoms with E-state index in [1.54, 1.807) is 0 Å². The zero-order chi connectivity index (χ0) is 13.5. The number of hydrogen-bond acceptors (Lipinski definition) is 5. The first-order valence-electron chi connectivity index (χ1n) is 4.98. The summed E-state index contributed by atoms with van der Waals surface area (Å²) in [5.74, 6) is -2.71. The van der Waals surface area contributed by atoms with Crippen LogP contribution in [0.15, 0.2) is 0 Å². The lowest BCUT2D eigenvalue weighted by Gasteiger charge is -2.13. The highest BCUT2D eigenvalue weighted by molar-refractivity contribution is 7.91. The smallest absolute Gasteiger partial charge is 0.327 e. The molecule has 2 N–H and O–H groups in total. The molecule has 0 spiro atoms. The molecule has 0 unspecified atom stereocenters. The van der Waals surface area contributed by atoms with E-state index in [1.165, 1.54) is 7.11 Å². The first-order valence-corrected chi connectivity index (χ1v) is 6.80. The number of methoxy groups -OCH3 is 1. The largest absolute Gasteiger partial charge is 0.480 e. The third kappa shape index (κ3) is 7.70. The fourth-order valence-corrected chi connectivity index (χ4v) is 2.64. The van der Waals surface area contributed by atoms with Gasteiger partial charge in [0.15, 0.2) is 9.84 Å². The zero-order valence-electron chi connectivity index (χ0n) is 9.80. The quantitative estimate of drug-likeness (QED) is 0.547. The second-order valence-electron chi connectivity index (χ2n) is 3.55. The van der Waals surface area contributed by atoms with Crippen molar-refractivity contribution >= 4 is 21.7 Å². The highest BCUT2D eigenvalue weighted by Gasteiger charge is 2.25. The Morgan fingerprint density at radius 1 is 1.41 bits per heavy atom. The SMILES string of the molecule is COCCCS(=O)(=O)C[C@H](NC(C)=O)C(=O)O. The lowest BCUT2D eigenvalue weighted by atomic mass is 10.3. The van der Waals surface area contributed by atoms with Crippen LogP contribution in [0.3, 0.4) is 0 Å². The van der Waals surface area contributed by atoms with Crippen molar-refractivity contribution in [3.8, 4) is 0 Å². The van der Waals surface area contributed by atoms with E-state index in [0.717, 1.165) is 6.92 Å². The second-order valence-corrected chi connectivity index (χ2v) is 5.78. The Morgan fingerprint density at radius 2 is 2.00 bits per heavy atom. The lowest BCUT2D eigenvalue weighted by molar-refractivity contribution is -0.140. The Labute approximate surface area is 100 Å². The number of nitrogens with one attached hydrogen (secondary N) is 1. The first kappa shape index (κ1) is 15.9. The van der Waals surface area contributed by atoms with Gasteiger partial charge < -0.3 is 15.2 Å². The average molecular weight is 267 g/mol. The molecular weight excluding hydrogens is 250 g/mol. The summed E-state index contributed by atoms with van der Waals surface area (Å²) in [5, 5.41) is 10.8. The van der Waals surface area contributed by atoms with E-state index in [4.69, 9.17) is 9.84 Å². The predicted octanol–water partition coefficient (Wildman–Crippen LogP) is -0.973. The van der Waals surface area contributed by atoms with Crippen molar-refractivity contribution < 1.29 is 27.9 Å². The number of carboxylic acid groups (broad SMARTS) is 1. The molecule has 0 saturated carbocycles. The summed E-state index contributed by atoms with van der Waals surface area (Å²) in [7, 11) is -2.07. The van der Waals surface area contributed by atoms with Crippen LogP contribution >= 0.6 is 0 Å². The van der Waals surface area contributed by atoms with Crippen LogP contribution in [0.1, 0.15) is 13.3 Å². The summed E-state index contributed by atoms with van der Waals surface area (Å²) in [6, 6.07) is -1.40. The van der Waals surface area contributed by atoms with Gasteiger partial charge >= 0.3 is 5.97 Å². The Hall–Kier alpha value is -1.15. The Bertz CT molecular complexity index is 364. The number of hydrogen-bond donors (Lipinski definition) is 2. The van der Waals surface area contributed by atoms with Crippen molar-refractivity contribution in [2.75, 3.05) is 25.2 Å². The molecule has 7 nitrogen and oxygen atoms in total. The minimum Gasteiger partial charge on any atom is -0.480 e. The maximum Gasteiger partial charge on any atom is 0.327 e. The molecule has 0 radical (unpaired) electrons. The van der Waals surface area contributed by atoms with E-state index in [-0.39, 0.29) is 12.4 Å². The molecule has 0 aromatic carbocycles. The molecule has 1 amide bonds. The maximum absolute atomic E-state index is 11.5. The number of sulfone groups is 1. The second kappa shape index (κ2) is 7.23. The molecule has 0 aliphatic carbocycles. The highest BCUT2D eigenvalue weighted by Crippen LogP contribution is 1.99. The van der Waals surface area contributed by atoms with Gasteiger partial charge in [0.2, 0.25) is 5.91 Å². The number of ether oxygens (including phenoxy) is 1. The molecule has 0 heterocycles. The number of carbonyl (C=O) groups excluding carboxylic acids is 1. The minimum atomic E-state index is -3.52. The topological polar surface area (TPSA) is 110 Å². The summed E-state index contributed by atoms with van der Waals surface area (Å²) in [6.45, 7) is 1.42. The number of rotatable bonds is 8. The van der Waals surface area contributed by atoms with Gasteiger partial charge in [0.1, 0.15) is 6.04 Å². The van der Waals surface area contributed by atoms with E-state index in [2.05, 4.69) is 5.32 Å². The Kier molecular flexibility index (Phi) is 6.74. The molecule has 0 fully saturated rings. The standard InChI is InChI=1S/C9H17NO6S/c1-7(11)10-8(9(12)13)6-17(14,15)5-3-4-16-2/h8H,3-6H2,1-2H3,(H,10,11)(H,12,13)/t8-/m0/s1. The van der Waals surface area contributed by atoms with Gasteiger partial charge in [-0.15, -0.1) is 0 Å². The van der Waals surface area contributed by atoms with Crippen molar-refractivity contribution in [1.29, 1.82) is 0 Å². The van der Waals surface area contributed by atoms with Gasteiger partial charge in [-0.1, -0.05) is 0 Å². The summed E-state index contributed by atoms with van der Waals surface area (Å²) >= 11 is 0. The van der Waals surface area contributed by atoms with Gasteiger partial charge in [0.25, 0.3) is 0 Å². The molecule has 0 aliphatic rings. The average Bonchev–Trinajstić information content (AvgIpc) is 2.15. The summed E-state index contributed by atoms with van der Waals surface area (Å²) in [6.07, 6.45) is 0.297. The van der Waals surface area contributed by atoms with Crippen molar-refractivity contribution in [1.82, 2.24) is 5.32 Å². The van der Waals surface area contributed by atoms with E-state index in [0.29, 0.717) is 6.42 Å². The molecule has 0 aromatic heterocycles. The van der Waals surface area contributed by atoms with Crippen LogP contribution in [0.2, 0.25) is 0 Å². The molecule has 0 saturated heterocycles.